The summed E-state index contributed by atoms with van der Waals surface area (Å²) in [7, 11) is 0. The minimum Gasteiger partial charge on any atom is -0.512 e. The number of aliphatic hydroxyl groups is 2. The van der Waals surface area contributed by atoms with E-state index in [-0.39, 0.29) is 23.2 Å². The molecule has 3 unspecified atom stereocenters. The van der Waals surface area contributed by atoms with Gasteiger partial charge in [0.15, 0.2) is 6.29 Å². The number of rotatable bonds is 3. The van der Waals surface area contributed by atoms with Gasteiger partial charge in [-0.2, -0.15) is 0 Å². The van der Waals surface area contributed by atoms with E-state index in [1.165, 1.54) is 0 Å². The van der Waals surface area contributed by atoms with Crippen LogP contribution in [0, 0.1) is 11.8 Å². The smallest absolute Gasteiger partial charge is 0.152 e. The molecule has 1 aliphatic rings. The molecule has 0 aromatic rings. The SMILES string of the molecule is CC1C(O)=C(C=O)C(O)C1CCBr. The van der Waals surface area contributed by atoms with Crippen LogP contribution in [0.3, 0.4) is 0 Å². The fraction of sp³-hybridized carbons (Fsp3) is 0.667. The van der Waals surface area contributed by atoms with E-state index in [1.807, 2.05) is 6.92 Å². The molecule has 0 aromatic heterocycles. The second-order valence-electron chi connectivity index (χ2n) is 3.33. The molecule has 0 aromatic carbocycles. The molecule has 0 saturated heterocycles. The van der Waals surface area contributed by atoms with Gasteiger partial charge in [0, 0.05) is 11.2 Å². The maximum atomic E-state index is 10.5. The first-order valence-corrected chi connectivity index (χ1v) is 5.37. The molecule has 4 heteroatoms. The van der Waals surface area contributed by atoms with Crippen molar-refractivity contribution >= 4 is 22.2 Å². The van der Waals surface area contributed by atoms with Crippen LogP contribution in [-0.2, 0) is 4.79 Å². The summed E-state index contributed by atoms with van der Waals surface area (Å²) in [6.07, 6.45) is 0.499. The number of aldehydes is 1. The summed E-state index contributed by atoms with van der Waals surface area (Å²) in [5.74, 6) is -0.110. The van der Waals surface area contributed by atoms with Gasteiger partial charge < -0.3 is 10.2 Å². The molecule has 0 bridgehead atoms. The van der Waals surface area contributed by atoms with Crippen LogP contribution in [0.15, 0.2) is 11.3 Å². The molecular weight excluding hydrogens is 236 g/mol. The lowest BCUT2D eigenvalue weighted by atomic mass is 9.92. The third-order valence-corrected chi connectivity index (χ3v) is 3.12. The molecule has 0 aliphatic heterocycles. The van der Waals surface area contributed by atoms with Gasteiger partial charge >= 0.3 is 0 Å². The van der Waals surface area contributed by atoms with E-state index in [2.05, 4.69) is 15.9 Å². The highest BCUT2D eigenvalue weighted by Gasteiger charge is 2.38. The van der Waals surface area contributed by atoms with Crippen molar-refractivity contribution in [3.05, 3.63) is 11.3 Å². The van der Waals surface area contributed by atoms with Gasteiger partial charge in [-0.05, 0) is 12.3 Å². The second-order valence-corrected chi connectivity index (χ2v) is 4.13. The summed E-state index contributed by atoms with van der Waals surface area (Å²) < 4.78 is 0. The summed E-state index contributed by atoms with van der Waals surface area (Å²) in [5.41, 5.74) is 0.151. The van der Waals surface area contributed by atoms with Crippen molar-refractivity contribution in [2.24, 2.45) is 11.8 Å². The maximum absolute atomic E-state index is 10.5. The van der Waals surface area contributed by atoms with Crippen molar-refractivity contribution in [2.45, 2.75) is 19.4 Å². The molecule has 2 N–H and O–H groups in total. The lowest BCUT2D eigenvalue weighted by molar-refractivity contribution is -0.105. The molecule has 74 valence electrons. The van der Waals surface area contributed by atoms with Crippen molar-refractivity contribution < 1.29 is 15.0 Å². The molecule has 1 aliphatic carbocycles. The number of carbonyl (C=O) groups excluding carboxylic acids is 1. The average Bonchev–Trinajstić information content (AvgIpc) is 2.31. The van der Waals surface area contributed by atoms with Gasteiger partial charge in [-0.1, -0.05) is 22.9 Å². The molecule has 0 heterocycles. The first-order chi connectivity index (χ1) is 6.13. The zero-order chi connectivity index (χ0) is 10.0. The van der Waals surface area contributed by atoms with E-state index < -0.39 is 6.10 Å². The summed E-state index contributed by atoms with van der Waals surface area (Å²) in [4.78, 5) is 10.5. The molecule has 3 nitrogen and oxygen atoms in total. The van der Waals surface area contributed by atoms with Gasteiger partial charge in [-0.3, -0.25) is 4.79 Å². The highest BCUT2D eigenvalue weighted by atomic mass is 79.9. The molecule has 1 rings (SSSR count). The fourth-order valence-corrected chi connectivity index (χ4v) is 2.31. The lowest BCUT2D eigenvalue weighted by Crippen LogP contribution is -2.22. The Balaban J connectivity index is 2.83. The topological polar surface area (TPSA) is 57.5 Å². The van der Waals surface area contributed by atoms with Gasteiger partial charge in [-0.15, -0.1) is 0 Å². The van der Waals surface area contributed by atoms with E-state index in [1.54, 1.807) is 0 Å². The Labute approximate surface area is 85.6 Å². The Bertz CT molecular complexity index is 237. The van der Waals surface area contributed by atoms with E-state index >= 15 is 0 Å². The van der Waals surface area contributed by atoms with Gasteiger partial charge in [0.2, 0.25) is 0 Å². The third kappa shape index (κ3) is 1.79. The highest BCUT2D eigenvalue weighted by Crippen LogP contribution is 2.37. The molecular formula is C9H13BrO3. The van der Waals surface area contributed by atoms with Crippen molar-refractivity contribution in [1.29, 1.82) is 0 Å². The molecule has 0 fully saturated rings. The Morgan fingerprint density at radius 1 is 1.62 bits per heavy atom. The molecule has 0 amide bonds. The maximum Gasteiger partial charge on any atom is 0.152 e. The van der Waals surface area contributed by atoms with E-state index in [0.717, 1.165) is 11.8 Å². The summed E-state index contributed by atoms with van der Waals surface area (Å²) in [5, 5.41) is 19.9. The zero-order valence-corrected chi connectivity index (χ0v) is 8.99. The number of carbonyl (C=O) groups is 1. The number of halogens is 1. The number of allylic oxidation sites excluding steroid dienone is 1. The van der Waals surface area contributed by atoms with Crippen LogP contribution in [-0.4, -0.2) is 27.9 Å². The van der Waals surface area contributed by atoms with Crippen molar-refractivity contribution in [3.63, 3.8) is 0 Å². The van der Waals surface area contributed by atoms with Crippen LogP contribution in [0.2, 0.25) is 0 Å². The number of alkyl halides is 1. The van der Waals surface area contributed by atoms with Crippen LogP contribution < -0.4 is 0 Å². The van der Waals surface area contributed by atoms with Gasteiger partial charge in [-0.25, -0.2) is 0 Å². The van der Waals surface area contributed by atoms with Crippen molar-refractivity contribution in [3.8, 4) is 0 Å². The summed E-state index contributed by atoms with van der Waals surface area (Å²) in [6, 6.07) is 0. The first kappa shape index (κ1) is 10.7. The third-order valence-electron chi connectivity index (χ3n) is 2.66. The van der Waals surface area contributed by atoms with Crippen LogP contribution in [0.1, 0.15) is 13.3 Å². The van der Waals surface area contributed by atoms with Crippen LogP contribution >= 0.6 is 15.9 Å². The first-order valence-electron chi connectivity index (χ1n) is 4.25. The second kappa shape index (κ2) is 4.24. The Kier molecular flexibility index (Phi) is 3.50. The lowest BCUT2D eigenvalue weighted by Gasteiger charge is -2.18. The average molecular weight is 249 g/mol. The van der Waals surface area contributed by atoms with Gasteiger partial charge in [0.05, 0.1) is 11.7 Å². The van der Waals surface area contributed by atoms with Gasteiger partial charge in [0.25, 0.3) is 0 Å². The summed E-state index contributed by atoms with van der Waals surface area (Å²) >= 11 is 3.28. The number of hydrogen-bond acceptors (Lipinski definition) is 3. The van der Waals surface area contributed by atoms with Crippen LogP contribution in [0.5, 0.6) is 0 Å². The Morgan fingerprint density at radius 3 is 2.62 bits per heavy atom. The Morgan fingerprint density at radius 2 is 2.23 bits per heavy atom. The molecule has 3 atom stereocenters. The monoisotopic (exact) mass is 248 g/mol. The van der Waals surface area contributed by atoms with Crippen molar-refractivity contribution in [2.75, 3.05) is 5.33 Å². The minimum atomic E-state index is -0.801. The quantitative estimate of drug-likeness (QED) is 0.587. The minimum absolute atomic E-state index is 0.0421. The molecule has 0 radical (unpaired) electrons. The van der Waals surface area contributed by atoms with E-state index in [0.29, 0.717) is 6.29 Å². The normalized spacial score (nSPS) is 33.9. The van der Waals surface area contributed by atoms with Crippen LogP contribution in [0.4, 0.5) is 0 Å². The molecule has 13 heavy (non-hydrogen) atoms. The van der Waals surface area contributed by atoms with Crippen LogP contribution in [0.25, 0.3) is 0 Å². The van der Waals surface area contributed by atoms with Crippen molar-refractivity contribution in [1.82, 2.24) is 0 Å². The molecule has 0 spiro atoms. The summed E-state index contributed by atoms with van der Waals surface area (Å²) in [6.45, 7) is 1.82. The zero-order valence-electron chi connectivity index (χ0n) is 7.40. The predicted octanol–water partition coefficient (Wildman–Crippen LogP) is 1.41. The van der Waals surface area contributed by atoms with E-state index in [4.69, 9.17) is 0 Å². The largest absolute Gasteiger partial charge is 0.512 e. The molecule has 0 saturated carbocycles. The van der Waals surface area contributed by atoms with Gasteiger partial charge in [0.1, 0.15) is 5.76 Å². The predicted molar refractivity (Wildman–Crippen MR) is 52.8 cm³/mol. The highest BCUT2D eigenvalue weighted by molar-refractivity contribution is 9.09. The number of aliphatic hydroxyl groups excluding tert-OH is 2. The fourth-order valence-electron chi connectivity index (χ4n) is 1.79. The Hall–Kier alpha value is -0.350. The standard InChI is InChI=1S/C9H13BrO3/c1-5-6(2-3-10)9(13)7(4-11)8(5)12/h4-6,9,12-13H,2-3H2,1H3. The number of hydrogen-bond donors (Lipinski definition) is 2. The van der Waals surface area contributed by atoms with E-state index in [9.17, 15) is 15.0 Å².